The molecule has 0 fully saturated rings. The highest BCUT2D eigenvalue weighted by Gasteiger charge is 2.16. The monoisotopic (exact) mass is 448 g/mol. The van der Waals surface area contributed by atoms with Crippen molar-refractivity contribution in [3.05, 3.63) is 81.5 Å². The minimum atomic E-state index is -3.52. The summed E-state index contributed by atoms with van der Waals surface area (Å²) in [5.74, 6) is -0.421. The topological polar surface area (TPSA) is 76.1 Å². The molecule has 0 bridgehead atoms. The molecule has 150 valence electrons. The summed E-state index contributed by atoms with van der Waals surface area (Å²) in [7, 11) is -3.52. The fourth-order valence-electron chi connectivity index (χ4n) is 2.67. The van der Waals surface area contributed by atoms with Crippen LogP contribution >= 0.6 is 23.2 Å². The van der Waals surface area contributed by atoms with Crippen LogP contribution in [-0.2, 0) is 16.4 Å². The summed E-state index contributed by atoms with van der Waals surface area (Å²) < 4.78 is 24.2. The smallest absolute Gasteiger partial charge is 0.251 e. The summed E-state index contributed by atoms with van der Waals surface area (Å²) in [5.41, 5.74) is 3.02. The molecular weight excluding hydrogens is 431 g/mol. The van der Waals surface area contributed by atoms with E-state index in [4.69, 9.17) is 23.2 Å². The van der Waals surface area contributed by atoms with Crippen LogP contribution < -0.4 is 5.32 Å². The third-order valence-corrected chi connectivity index (χ3v) is 5.94. The van der Waals surface area contributed by atoms with Crippen molar-refractivity contribution in [3.63, 3.8) is 0 Å². The lowest BCUT2D eigenvalue weighted by atomic mass is 10.1. The molecule has 8 heteroatoms. The second-order valence-corrected chi connectivity index (χ2v) is 9.52. The number of aryl methyl sites for hydroxylation is 1. The maximum absolute atomic E-state index is 12.7. The summed E-state index contributed by atoms with van der Waals surface area (Å²) in [5, 5.41) is 3.70. The lowest BCUT2D eigenvalue weighted by Crippen LogP contribution is -2.23. The summed E-state index contributed by atoms with van der Waals surface area (Å²) >= 11 is 12.0. The van der Waals surface area contributed by atoms with E-state index in [0.29, 0.717) is 26.9 Å². The van der Waals surface area contributed by atoms with Gasteiger partial charge in [-0.3, -0.25) is 9.78 Å². The summed E-state index contributed by atoms with van der Waals surface area (Å²) in [4.78, 5) is 17.1. The largest absolute Gasteiger partial charge is 0.348 e. The van der Waals surface area contributed by atoms with Crippen LogP contribution in [0.4, 0.5) is 0 Å². The molecule has 5 nitrogen and oxygen atoms in total. The third-order valence-electron chi connectivity index (χ3n) is 4.26. The number of hydrogen-bond acceptors (Lipinski definition) is 4. The van der Waals surface area contributed by atoms with Crippen molar-refractivity contribution in [3.8, 4) is 11.3 Å². The molecule has 2 aromatic carbocycles. The molecule has 3 aromatic rings. The van der Waals surface area contributed by atoms with Gasteiger partial charge in [0.2, 0.25) is 0 Å². The fourth-order valence-corrected chi connectivity index (χ4v) is 3.83. The number of halogens is 2. The first-order chi connectivity index (χ1) is 13.6. The summed E-state index contributed by atoms with van der Waals surface area (Å²) in [6.45, 7) is 2.08. The molecule has 1 heterocycles. The van der Waals surface area contributed by atoms with E-state index in [2.05, 4.69) is 10.3 Å². The number of pyridine rings is 1. The van der Waals surface area contributed by atoms with Crippen molar-refractivity contribution >= 4 is 38.9 Å². The first-order valence-corrected chi connectivity index (χ1v) is 11.3. The molecular formula is C21H18Cl2N2O3S. The standard InChI is InChI=1S/C21H18Cl2N2O3S/c1-13-3-6-20(24-11-13)15-7-16(9-18(8-15)29(2,27)28)21(26)25-12-14-4-5-17(22)10-19(14)23/h3-11H,12H2,1-2H3,(H,25,26). The first-order valence-electron chi connectivity index (χ1n) is 8.64. The molecule has 3 rings (SSSR count). The van der Waals surface area contributed by atoms with E-state index in [1.165, 1.54) is 12.1 Å². The predicted octanol–water partition coefficient (Wildman–Crippen LogP) is 4.70. The Bertz CT molecular complexity index is 1180. The number of rotatable bonds is 5. The highest BCUT2D eigenvalue weighted by atomic mass is 35.5. The highest BCUT2D eigenvalue weighted by molar-refractivity contribution is 7.90. The number of carbonyl (C=O) groups is 1. The van der Waals surface area contributed by atoms with Gasteiger partial charge in [-0.05, 0) is 54.4 Å². The van der Waals surface area contributed by atoms with Gasteiger partial charge in [0.05, 0.1) is 10.6 Å². The van der Waals surface area contributed by atoms with Gasteiger partial charge in [0.1, 0.15) is 0 Å². The van der Waals surface area contributed by atoms with Gasteiger partial charge in [-0.1, -0.05) is 35.3 Å². The van der Waals surface area contributed by atoms with Crippen molar-refractivity contribution in [2.75, 3.05) is 6.26 Å². The number of sulfone groups is 1. The molecule has 0 aliphatic heterocycles. The third kappa shape index (κ3) is 5.35. The SMILES string of the molecule is Cc1ccc(-c2cc(C(=O)NCc3ccc(Cl)cc3Cl)cc(S(C)(=O)=O)c2)nc1. The number of hydrogen-bond donors (Lipinski definition) is 1. The van der Waals surface area contributed by atoms with Gasteiger partial charge < -0.3 is 5.32 Å². The molecule has 0 aliphatic carbocycles. The maximum Gasteiger partial charge on any atom is 0.251 e. The van der Waals surface area contributed by atoms with E-state index in [0.717, 1.165) is 11.8 Å². The van der Waals surface area contributed by atoms with Gasteiger partial charge in [0.25, 0.3) is 5.91 Å². The van der Waals surface area contributed by atoms with Gasteiger partial charge >= 0.3 is 0 Å². The van der Waals surface area contributed by atoms with Gasteiger partial charge in [0, 0.05) is 40.2 Å². The van der Waals surface area contributed by atoms with Crippen LogP contribution in [0.1, 0.15) is 21.5 Å². The van der Waals surface area contributed by atoms with E-state index >= 15 is 0 Å². The van der Waals surface area contributed by atoms with Crippen molar-refractivity contribution in [2.45, 2.75) is 18.4 Å². The van der Waals surface area contributed by atoms with Crippen LogP contribution in [0.15, 0.2) is 59.6 Å². The average Bonchev–Trinajstić information content (AvgIpc) is 2.66. The molecule has 1 aromatic heterocycles. The summed E-state index contributed by atoms with van der Waals surface area (Å²) in [6.07, 6.45) is 2.79. The van der Waals surface area contributed by atoms with Gasteiger partial charge in [0.15, 0.2) is 9.84 Å². The van der Waals surface area contributed by atoms with E-state index in [1.807, 2.05) is 13.0 Å². The fraction of sp³-hybridized carbons (Fsp3) is 0.143. The van der Waals surface area contributed by atoms with Crippen LogP contribution in [-0.4, -0.2) is 25.6 Å². The minimum absolute atomic E-state index is 0.0482. The molecule has 1 amide bonds. The highest BCUT2D eigenvalue weighted by Crippen LogP contribution is 2.24. The molecule has 0 aliphatic rings. The Morgan fingerprint density at radius 1 is 1.07 bits per heavy atom. The maximum atomic E-state index is 12.7. The second kappa shape index (κ2) is 8.53. The Kier molecular flexibility index (Phi) is 6.27. The van der Waals surface area contributed by atoms with Crippen molar-refractivity contribution < 1.29 is 13.2 Å². The zero-order chi connectivity index (χ0) is 21.2. The molecule has 0 atom stereocenters. The second-order valence-electron chi connectivity index (χ2n) is 6.66. The molecule has 0 saturated carbocycles. The summed E-state index contributed by atoms with van der Waals surface area (Å²) in [6, 6.07) is 13.1. The van der Waals surface area contributed by atoms with E-state index in [-0.39, 0.29) is 17.0 Å². The molecule has 0 unspecified atom stereocenters. The Labute approximate surface area is 179 Å². The Hall–Kier alpha value is -2.41. The van der Waals surface area contributed by atoms with Gasteiger partial charge in [-0.25, -0.2) is 8.42 Å². The van der Waals surface area contributed by atoms with Crippen molar-refractivity contribution in [1.82, 2.24) is 10.3 Å². The van der Waals surface area contributed by atoms with Gasteiger partial charge in [-0.15, -0.1) is 0 Å². The lowest BCUT2D eigenvalue weighted by molar-refractivity contribution is 0.0950. The number of amides is 1. The quantitative estimate of drug-likeness (QED) is 0.613. The van der Waals surface area contributed by atoms with Gasteiger partial charge in [-0.2, -0.15) is 0 Å². The number of aromatic nitrogens is 1. The Balaban J connectivity index is 1.93. The average molecular weight is 449 g/mol. The number of nitrogens with one attached hydrogen (secondary N) is 1. The van der Waals surface area contributed by atoms with Crippen LogP contribution in [0.2, 0.25) is 10.0 Å². The minimum Gasteiger partial charge on any atom is -0.348 e. The molecule has 0 spiro atoms. The lowest BCUT2D eigenvalue weighted by Gasteiger charge is -2.11. The zero-order valence-corrected chi connectivity index (χ0v) is 18.1. The van der Waals surface area contributed by atoms with E-state index in [9.17, 15) is 13.2 Å². The van der Waals surface area contributed by atoms with Crippen LogP contribution in [0.3, 0.4) is 0 Å². The molecule has 0 radical (unpaired) electrons. The van der Waals surface area contributed by atoms with E-state index in [1.54, 1.807) is 36.5 Å². The molecule has 1 N–H and O–H groups in total. The number of carbonyl (C=O) groups excluding carboxylic acids is 1. The normalized spacial score (nSPS) is 11.3. The number of nitrogens with zero attached hydrogens (tertiary/aromatic N) is 1. The molecule has 29 heavy (non-hydrogen) atoms. The first kappa shape index (κ1) is 21.3. The van der Waals surface area contributed by atoms with E-state index < -0.39 is 15.7 Å². The number of benzene rings is 2. The Morgan fingerprint density at radius 2 is 1.83 bits per heavy atom. The molecule has 0 saturated heterocycles. The Morgan fingerprint density at radius 3 is 2.45 bits per heavy atom. The van der Waals surface area contributed by atoms with Crippen molar-refractivity contribution in [2.24, 2.45) is 0 Å². The zero-order valence-electron chi connectivity index (χ0n) is 15.7. The van der Waals surface area contributed by atoms with Crippen molar-refractivity contribution in [1.29, 1.82) is 0 Å². The van der Waals surface area contributed by atoms with Crippen LogP contribution in [0, 0.1) is 6.92 Å². The van der Waals surface area contributed by atoms with Crippen LogP contribution in [0.5, 0.6) is 0 Å². The predicted molar refractivity (Wildman–Crippen MR) is 115 cm³/mol. The van der Waals surface area contributed by atoms with Crippen LogP contribution in [0.25, 0.3) is 11.3 Å².